The number of nitrogens with one attached hydrogen (secondary N) is 1. The third-order valence-electron chi connectivity index (χ3n) is 5.66. The molecule has 1 amide bonds. The highest BCUT2D eigenvalue weighted by Gasteiger charge is 2.11. The molecule has 0 radical (unpaired) electrons. The van der Waals surface area contributed by atoms with Crippen molar-refractivity contribution in [3.05, 3.63) is 95.9 Å². The highest BCUT2D eigenvalue weighted by molar-refractivity contribution is 5.94. The van der Waals surface area contributed by atoms with Crippen LogP contribution in [0.25, 0.3) is 5.65 Å². The molecule has 1 N–H and O–H groups in total. The van der Waals surface area contributed by atoms with Crippen LogP contribution in [-0.4, -0.2) is 41.6 Å². The van der Waals surface area contributed by atoms with Crippen molar-refractivity contribution in [3.63, 3.8) is 0 Å². The van der Waals surface area contributed by atoms with Crippen LogP contribution in [-0.2, 0) is 17.9 Å². The highest BCUT2D eigenvalue weighted by atomic mass is 16.5. The van der Waals surface area contributed by atoms with Gasteiger partial charge in [0.25, 0.3) is 5.91 Å². The second-order valence-corrected chi connectivity index (χ2v) is 7.96. The standard InChI is InChI=1S/C26H26N4O3/c31-26(27-17-20-7-9-23(10-8-20)29-12-14-32-15-13-29)21-4-3-5-24(16-21)33-19-22-18-30-11-2-1-6-25(30)28-22/h1-11,16,18H,12-15,17,19H2,(H,27,31). The Labute approximate surface area is 192 Å². The van der Waals surface area contributed by atoms with Crippen LogP contribution in [0.3, 0.4) is 0 Å². The van der Waals surface area contributed by atoms with Crippen LogP contribution in [0.4, 0.5) is 5.69 Å². The first-order valence-electron chi connectivity index (χ1n) is 11.1. The quantitative estimate of drug-likeness (QED) is 0.473. The van der Waals surface area contributed by atoms with Gasteiger partial charge in [-0.1, -0.05) is 24.3 Å². The Hall–Kier alpha value is -3.84. The molecule has 0 unspecified atom stereocenters. The molecule has 7 nitrogen and oxygen atoms in total. The summed E-state index contributed by atoms with van der Waals surface area (Å²) >= 11 is 0. The monoisotopic (exact) mass is 442 g/mol. The molecule has 7 heteroatoms. The van der Waals surface area contributed by atoms with Crippen molar-refractivity contribution in [1.82, 2.24) is 14.7 Å². The first-order chi connectivity index (χ1) is 16.2. The van der Waals surface area contributed by atoms with E-state index in [1.54, 1.807) is 12.1 Å². The molecule has 0 saturated carbocycles. The number of anilines is 1. The van der Waals surface area contributed by atoms with Gasteiger partial charge in [-0.3, -0.25) is 4.79 Å². The molecule has 1 fully saturated rings. The fraction of sp³-hybridized carbons (Fsp3) is 0.231. The molecule has 4 aromatic rings. The van der Waals surface area contributed by atoms with Crippen molar-refractivity contribution in [2.75, 3.05) is 31.2 Å². The minimum absolute atomic E-state index is 0.134. The van der Waals surface area contributed by atoms with E-state index in [4.69, 9.17) is 9.47 Å². The summed E-state index contributed by atoms with van der Waals surface area (Å²) < 4.78 is 13.2. The minimum atomic E-state index is -0.134. The molecule has 1 saturated heterocycles. The van der Waals surface area contributed by atoms with Gasteiger partial charge in [-0.15, -0.1) is 0 Å². The number of hydrogen-bond acceptors (Lipinski definition) is 5. The predicted octanol–water partition coefficient (Wildman–Crippen LogP) is 3.68. The fourth-order valence-corrected chi connectivity index (χ4v) is 3.87. The molecule has 5 rings (SSSR count). The zero-order valence-corrected chi connectivity index (χ0v) is 18.3. The lowest BCUT2D eigenvalue weighted by molar-refractivity contribution is 0.0950. The normalized spacial score (nSPS) is 13.8. The Morgan fingerprint density at radius 1 is 1.03 bits per heavy atom. The maximum atomic E-state index is 12.7. The number of benzene rings is 2. The van der Waals surface area contributed by atoms with E-state index in [2.05, 4.69) is 39.5 Å². The van der Waals surface area contributed by atoms with Crippen molar-refractivity contribution in [2.24, 2.45) is 0 Å². The second kappa shape index (κ2) is 9.75. The van der Waals surface area contributed by atoms with Gasteiger partial charge in [0.2, 0.25) is 0 Å². The van der Waals surface area contributed by atoms with Gasteiger partial charge in [0.15, 0.2) is 0 Å². The zero-order valence-electron chi connectivity index (χ0n) is 18.3. The van der Waals surface area contributed by atoms with E-state index >= 15 is 0 Å². The number of rotatable bonds is 7. The number of ether oxygens (including phenoxy) is 2. The van der Waals surface area contributed by atoms with Crippen LogP contribution in [0.1, 0.15) is 21.6 Å². The number of pyridine rings is 1. The number of carbonyl (C=O) groups is 1. The average Bonchev–Trinajstić information content (AvgIpc) is 3.30. The summed E-state index contributed by atoms with van der Waals surface area (Å²) in [6.07, 6.45) is 3.89. The molecule has 3 heterocycles. The smallest absolute Gasteiger partial charge is 0.251 e. The highest BCUT2D eigenvalue weighted by Crippen LogP contribution is 2.18. The topological polar surface area (TPSA) is 68.1 Å². The maximum absolute atomic E-state index is 12.7. The van der Waals surface area contributed by atoms with Gasteiger partial charge in [0.1, 0.15) is 18.0 Å². The average molecular weight is 443 g/mol. The van der Waals surface area contributed by atoms with Crippen molar-refractivity contribution in [2.45, 2.75) is 13.2 Å². The third kappa shape index (κ3) is 5.15. The summed E-state index contributed by atoms with van der Waals surface area (Å²) in [5, 5.41) is 2.99. The predicted molar refractivity (Wildman–Crippen MR) is 127 cm³/mol. The van der Waals surface area contributed by atoms with Crippen molar-refractivity contribution in [3.8, 4) is 5.75 Å². The lowest BCUT2D eigenvalue weighted by atomic mass is 10.1. The molecule has 1 aliphatic heterocycles. The second-order valence-electron chi connectivity index (χ2n) is 7.96. The fourth-order valence-electron chi connectivity index (χ4n) is 3.87. The Morgan fingerprint density at radius 2 is 1.88 bits per heavy atom. The summed E-state index contributed by atoms with van der Waals surface area (Å²) in [5.41, 5.74) is 4.51. The summed E-state index contributed by atoms with van der Waals surface area (Å²) in [7, 11) is 0. The molecular weight excluding hydrogens is 416 g/mol. The van der Waals surface area contributed by atoms with Crippen LogP contribution >= 0.6 is 0 Å². The minimum Gasteiger partial charge on any atom is -0.487 e. The summed E-state index contributed by atoms with van der Waals surface area (Å²) in [6.45, 7) is 4.15. The molecule has 0 aliphatic carbocycles. The molecule has 2 aromatic carbocycles. The third-order valence-corrected chi connectivity index (χ3v) is 5.66. The van der Waals surface area contributed by atoms with E-state index in [1.807, 2.05) is 47.1 Å². The number of carbonyl (C=O) groups excluding carboxylic acids is 1. The number of aromatic nitrogens is 2. The molecule has 2 aromatic heterocycles. The van der Waals surface area contributed by atoms with Crippen molar-refractivity contribution in [1.29, 1.82) is 0 Å². The summed E-state index contributed by atoms with van der Waals surface area (Å²) in [5.74, 6) is 0.500. The number of nitrogens with zero attached hydrogens (tertiary/aromatic N) is 3. The molecule has 33 heavy (non-hydrogen) atoms. The van der Waals surface area contributed by atoms with E-state index in [-0.39, 0.29) is 5.91 Å². The van der Waals surface area contributed by atoms with E-state index in [0.717, 1.165) is 43.2 Å². The first kappa shape index (κ1) is 21.0. The van der Waals surface area contributed by atoms with E-state index in [9.17, 15) is 4.79 Å². The van der Waals surface area contributed by atoms with Crippen LogP contribution in [0.15, 0.2) is 79.1 Å². The van der Waals surface area contributed by atoms with Crippen LogP contribution < -0.4 is 15.0 Å². The zero-order chi connectivity index (χ0) is 22.5. The van der Waals surface area contributed by atoms with Crippen LogP contribution in [0.5, 0.6) is 5.75 Å². The Kier molecular flexibility index (Phi) is 6.21. The SMILES string of the molecule is O=C(NCc1ccc(N2CCOCC2)cc1)c1cccc(OCc2cn3ccccc3n2)c1. The van der Waals surface area contributed by atoms with Crippen molar-refractivity contribution >= 4 is 17.2 Å². The van der Waals surface area contributed by atoms with Crippen LogP contribution in [0.2, 0.25) is 0 Å². The van der Waals surface area contributed by atoms with Gasteiger partial charge in [-0.25, -0.2) is 4.98 Å². The largest absolute Gasteiger partial charge is 0.487 e. The number of fused-ring (bicyclic) bond motifs is 1. The molecule has 0 spiro atoms. The van der Waals surface area contributed by atoms with Crippen molar-refractivity contribution < 1.29 is 14.3 Å². The number of imidazole rings is 1. The summed E-state index contributed by atoms with van der Waals surface area (Å²) in [6, 6.07) is 21.4. The number of morpholine rings is 1. The van der Waals surface area contributed by atoms with Gasteiger partial charge in [0, 0.05) is 43.3 Å². The molecular formula is C26H26N4O3. The van der Waals surface area contributed by atoms with E-state index in [0.29, 0.717) is 24.5 Å². The number of hydrogen-bond donors (Lipinski definition) is 1. The van der Waals surface area contributed by atoms with Gasteiger partial charge in [-0.05, 0) is 48.0 Å². The van der Waals surface area contributed by atoms with Crippen LogP contribution in [0, 0.1) is 0 Å². The van der Waals surface area contributed by atoms with Gasteiger partial charge < -0.3 is 24.1 Å². The molecule has 0 atom stereocenters. The molecule has 0 bridgehead atoms. The molecule has 168 valence electrons. The Bertz CT molecular complexity index is 1200. The van der Waals surface area contributed by atoms with Gasteiger partial charge in [0.05, 0.1) is 18.9 Å². The first-order valence-corrected chi connectivity index (χ1v) is 11.1. The van der Waals surface area contributed by atoms with E-state index in [1.165, 1.54) is 5.69 Å². The molecule has 1 aliphatic rings. The van der Waals surface area contributed by atoms with Gasteiger partial charge in [-0.2, -0.15) is 0 Å². The number of amides is 1. The van der Waals surface area contributed by atoms with Gasteiger partial charge >= 0.3 is 0 Å². The Balaban J connectivity index is 1.16. The lowest BCUT2D eigenvalue weighted by Gasteiger charge is -2.28. The lowest BCUT2D eigenvalue weighted by Crippen LogP contribution is -2.36. The maximum Gasteiger partial charge on any atom is 0.251 e. The summed E-state index contributed by atoms with van der Waals surface area (Å²) in [4.78, 5) is 19.5. The van der Waals surface area contributed by atoms with E-state index < -0.39 is 0 Å². The Morgan fingerprint density at radius 3 is 2.70 bits per heavy atom.